The maximum Gasteiger partial charge on any atom is 0.138 e. The molecule has 2 nitrogen and oxygen atoms in total. The van der Waals surface area contributed by atoms with E-state index in [0.29, 0.717) is 18.2 Å². The Labute approximate surface area is 115 Å². The minimum Gasteiger partial charge on any atom is -0.492 e. The van der Waals surface area contributed by atoms with Crippen LogP contribution in [0, 0.1) is 6.92 Å². The van der Waals surface area contributed by atoms with Gasteiger partial charge in [0.25, 0.3) is 0 Å². The highest BCUT2D eigenvalue weighted by atomic mass is 35.5. The molecule has 0 spiro atoms. The van der Waals surface area contributed by atoms with Crippen molar-refractivity contribution in [3.8, 4) is 5.75 Å². The van der Waals surface area contributed by atoms with E-state index in [4.69, 9.17) is 22.1 Å². The van der Waals surface area contributed by atoms with Gasteiger partial charge in [0.05, 0.1) is 11.6 Å². The number of nitrogens with two attached hydrogens (primary N) is 1. The molecule has 0 bridgehead atoms. The van der Waals surface area contributed by atoms with Crippen molar-refractivity contribution in [2.24, 2.45) is 5.73 Å². The molecule has 0 amide bonds. The van der Waals surface area contributed by atoms with Gasteiger partial charge >= 0.3 is 0 Å². The van der Waals surface area contributed by atoms with Crippen LogP contribution in [-0.2, 0) is 5.41 Å². The van der Waals surface area contributed by atoms with Gasteiger partial charge in [0.1, 0.15) is 5.75 Å². The molecular formula is C15H24ClNO. The molecule has 1 aromatic rings. The van der Waals surface area contributed by atoms with Crippen LogP contribution in [0.25, 0.3) is 0 Å². The highest BCUT2D eigenvalue weighted by molar-refractivity contribution is 6.32. The second kappa shape index (κ2) is 6.44. The van der Waals surface area contributed by atoms with Crippen molar-refractivity contribution in [1.82, 2.24) is 0 Å². The van der Waals surface area contributed by atoms with Crippen LogP contribution in [0.3, 0.4) is 0 Å². The summed E-state index contributed by atoms with van der Waals surface area (Å²) in [5.74, 6) is 0.763. The molecule has 0 aromatic heterocycles. The molecule has 0 fully saturated rings. The third kappa shape index (κ3) is 2.81. The molecule has 0 aliphatic rings. The zero-order valence-corrected chi connectivity index (χ0v) is 12.6. The second-order valence-corrected chi connectivity index (χ2v) is 5.13. The number of hydrogen-bond acceptors (Lipinski definition) is 2. The van der Waals surface area contributed by atoms with E-state index in [-0.39, 0.29) is 5.41 Å². The fraction of sp³-hybridized carbons (Fsp3) is 0.600. The second-order valence-electron chi connectivity index (χ2n) is 4.72. The van der Waals surface area contributed by atoms with Gasteiger partial charge in [0.15, 0.2) is 0 Å². The number of halogens is 1. The third-order valence-electron chi connectivity index (χ3n) is 3.89. The minimum absolute atomic E-state index is 0.0263. The number of benzene rings is 1. The Balaban J connectivity index is 3.29. The average Bonchev–Trinajstić information content (AvgIpc) is 2.38. The highest BCUT2D eigenvalue weighted by Crippen LogP contribution is 2.38. The number of ether oxygens (including phenoxy) is 1. The van der Waals surface area contributed by atoms with E-state index < -0.39 is 0 Å². The molecule has 18 heavy (non-hydrogen) atoms. The van der Waals surface area contributed by atoms with E-state index in [1.54, 1.807) is 0 Å². The topological polar surface area (TPSA) is 35.2 Å². The fourth-order valence-corrected chi connectivity index (χ4v) is 2.74. The first-order chi connectivity index (χ1) is 8.54. The van der Waals surface area contributed by atoms with E-state index in [2.05, 4.69) is 20.8 Å². The molecule has 0 aliphatic heterocycles. The Kier molecular flexibility index (Phi) is 5.48. The third-order valence-corrected chi connectivity index (χ3v) is 4.19. The van der Waals surface area contributed by atoms with Crippen molar-refractivity contribution in [3.05, 3.63) is 28.3 Å². The average molecular weight is 270 g/mol. The zero-order chi connectivity index (χ0) is 13.8. The van der Waals surface area contributed by atoms with Gasteiger partial charge in [0, 0.05) is 12.0 Å². The lowest BCUT2D eigenvalue weighted by Gasteiger charge is -2.32. The van der Waals surface area contributed by atoms with Gasteiger partial charge in [-0.1, -0.05) is 25.4 Å². The lowest BCUT2D eigenvalue weighted by Crippen LogP contribution is -2.34. The standard InChI is InChI=1S/C15H24ClNO/c1-5-15(6-2,10-17)12-9-13(16)14(18-7-3)8-11(12)4/h8-9H,5-7,10,17H2,1-4H3. The molecule has 0 aliphatic carbocycles. The van der Waals surface area contributed by atoms with Gasteiger partial charge in [-0.25, -0.2) is 0 Å². The summed E-state index contributed by atoms with van der Waals surface area (Å²) in [6.45, 7) is 9.69. The fourth-order valence-electron chi connectivity index (χ4n) is 2.52. The summed E-state index contributed by atoms with van der Waals surface area (Å²) in [7, 11) is 0. The van der Waals surface area contributed by atoms with E-state index in [1.165, 1.54) is 11.1 Å². The molecule has 1 aromatic carbocycles. The van der Waals surface area contributed by atoms with E-state index >= 15 is 0 Å². The normalized spacial score (nSPS) is 11.7. The van der Waals surface area contributed by atoms with Crippen molar-refractivity contribution in [2.75, 3.05) is 13.2 Å². The smallest absolute Gasteiger partial charge is 0.138 e. The molecule has 1 rings (SSSR count). The quantitative estimate of drug-likeness (QED) is 0.845. The van der Waals surface area contributed by atoms with Crippen LogP contribution in [0.2, 0.25) is 5.02 Å². The molecule has 3 heteroatoms. The van der Waals surface area contributed by atoms with Gasteiger partial charge in [0.2, 0.25) is 0 Å². The van der Waals surface area contributed by atoms with Crippen molar-refractivity contribution in [3.63, 3.8) is 0 Å². The first-order valence-electron chi connectivity index (χ1n) is 6.68. The summed E-state index contributed by atoms with van der Waals surface area (Å²) < 4.78 is 5.52. The Bertz CT molecular complexity index is 391. The monoisotopic (exact) mass is 269 g/mol. The Morgan fingerprint density at radius 3 is 2.28 bits per heavy atom. The molecular weight excluding hydrogens is 246 g/mol. The largest absolute Gasteiger partial charge is 0.492 e. The van der Waals surface area contributed by atoms with E-state index in [9.17, 15) is 0 Å². The first kappa shape index (κ1) is 15.3. The van der Waals surface area contributed by atoms with Crippen molar-refractivity contribution in [2.45, 2.75) is 46.0 Å². The summed E-state index contributed by atoms with van der Waals surface area (Å²) in [4.78, 5) is 0. The summed E-state index contributed by atoms with van der Waals surface area (Å²) >= 11 is 6.29. The van der Waals surface area contributed by atoms with Gasteiger partial charge in [-0.05, 0) is 49.9 Å². The number of aryl methyl sites for hydroxylation is 1. The minimum atomic E-state index is 0.0263. The zero-order valence-electron chi connectivity index (χ0n) is 11.8. The lowest BCUT2D eigenvalue weighted by molar-refractivity contribution is 0.339. The van der Waals surface area contributed by atoms with Gasteiger partial charge < -0.3 is 10.5 Å². The van der Waals surface area contributed by atoms with Crippen LogP contribution in [0.5, 0.6) is 5.75 Å². The van der Waals surface area contributed by atoms with E-state index in [1.807, 2.05) is 19.1 Å². The Morgan fingerprint density at radius 1 is 1.22 bits per heavy atom. The molecule has 0 saturated carbocycles. The van der Waals surface area contributed by atoms with Crippen LogP contribution in [0.1, 0.15) is 44.7 Å². The Morgan fingerprint density at radius 2 is 1.83 bits per heavy atom. The lowest BCUT2D eigenvalue weighted by atomic mass is 9.74. The molecule has 0 heterocycles. The van der Waals surface area contributed by atoms with Crippen LogP contribution >= 0.6 is 11.6 Å². The Hall–Kier alpha value is -0.730. The maximum absolute atomic E-state index is 6.29. The summed E-state index contributed by atoms with van der Waals surface area (Å²) in [6.07, 6.45) is 2.04. The molecule has 0 unspecified atom stereocenters. The predicted octanol–water partition coefficient (Wildman–Crippen LogP) is 4.06. The van der Waals surface area contributed by atoms with Crippen molar-refractivity contribution >= 4 is 11.6 Å². The molecule has 0 radical (unpaired) electrons. The highest BCUT2D eigenvalue weighted by Gasteiger charge is 2.29. The number of rotatable bonds is 6. The van der Waals surface area contributed by atoms with Crippen molar-refractivity contribution in [1.29, 1.82) is 0 Å². The SMILES string of the molecule is CCOc1cc(C)c(C(CC)(CC)CN)cc1Cl. The van der Waals surface area contributed by atoms with Crippen LogP contribution in [-0.4, -0.2) is 13.2 Å². The first-order valence-corrected chi connectivity index (χ1v) is 7.05. The van der Waals surface area contributed by atoms with Crippen LogP contribution in [0.4, 0.5) is 0 Å². The van der Waals surface area contributed by atoms with Gasteiger partial charge in [-0.2, -0.15) is 0 Å². The molecule has 2 N–H and O–H groups in total. The van der Waals surface area contributed by atoms with Gasteiger partial charge in [-0.3, -0.25) is 0 Å². The summed E-state index contributed by atoms with van der Waals surface area (Å²) in [5, 5.41) is 0.678. The number of hydrogen-bond donors (Lipinski definition) is 1. The molecule has 102 valence electrons. The van der Waals surface area contributed by atoms with Crippen molar-refractivity contribution < 1.29 is 4.74 Å². The van der Waals surface area contributed by atoms with Gasteiger partial charge in [-0.15, -0.1) is 0 Å². The van der Waals surface area contributed by atoms with Crippen LogP contribution in [0.15, 0.2) is 12.1 Å². The van der Waals surface area contributed by atoms with E-state index in [0.717, 1.165) is 18.6 Å². The summed E-state index contributed by atoms with van der Waals surface area (Å²) in [5.41, 5.74) is 8.49. The van der Waals surface area contributed by atoms with Crippen LogP contribution < -0.4 is 10.5 Å². The summed E-state index contributed by atoms with van der Waals surface area (Å²) in [6, 6.07) is 4.05. The predicted molar refractivity (Wildman–Crippen MR) is 78.7 cm³/mol. The molecule has 0 saturated heterocycles. The molecule has 0 atom stereocenters. The maximum atomic E-state index is 6.29.